The minimum atomic E-state index is 0.600. The Kier molecular flexibility index (Phi) is 4.90. The zero-order valence-corrected chi connectivity index (χ0v) is 12.1. The molecule has 1 aromatic rings. The van der Waals surface area contributed by atoms with E-state index >= 15 is 0 Å². The highest BCUT2D eigenvalue weighted by Gasteiger charge is 2.18. The van der Waals surface area contributed by atoms with Crippen LogP contribution in [0, 0.1) is 5.92 Å². The van der Waals surface area contributed by atoms with E-state index in [9.17, 15) is 0 Å². The third kappa shape index (κ3) is 3.89. The second-order valence-electron chi connectivity index (χ2n) is 5.56. The lowest BCUT2D eigenvalue weighted by molar-refractivity contribution is 0.436. The van der Waals surface area contributed by atoms with Gasteiger partial charge in [-0.15, -0.1) is 0 Å². The van der Waals surface area contributed by atoms with Crippen molar-refractivity contribution in [2.75, 3.05) is 24.5 Å². The van der Waals surface area contributed by atoms with Gasteiger partial charge in [-0.05, 0) is 49.6 Å². The van der Waals surface area contributed by atoms with Crippen LogP contribution in [0.4, 0.5) is 5.69 Å². The second kappa shape index (κ2) is 6.44. The van der Waals surface area contributed by atoms with Crippen molar-refractivity contribution in [2.45, 2.75) is 32.7 Å². The average molecular weight is 267 g/mol. The predicted molar refractivity (Wildman–Crippen MR) is 79.5 cm³/mol. The Bertz CT molecular complexity index is 361. The molecule has 1 unspecified atom stereocenters. The molecular formula is C15H23ClN2. The third-order valence-corrected chi connectivity index (χ3v) is 3.68. The Labute approximate surface area is 115 Å². The maximum Gasteiger partial charge on any atom is 0.0407 e. The van der Waals surface area contributed by atoms with E-state index in [0.29, 0.717) is 6.04 Å². The Morgan fingerprint density at radius 3 is 2.72 bits per heavy atom. The number of anilines is 1. The van der Waals surface area contributed by atoms with E-state index in [4.69, 9.17) is 11.6 Å². The fraction of sp³-hybridized carbons (Fsp3) is 0.600. The van der Waals surface area contributed by atoms with E-state index in [1.165, 1.54) is 18.5 Å². The fourth-order valence-electron chi connectivity index (χ4n) is 2.61. The monoisotopic (exact) mass is 266 g/mol. The van der Waals surface area contributed by atoms with E-state index in [1.54, 1.807) is 0 Å². The number of hydrogen-bond acceptors (Lipinski definition) is 2. The van der Waals surface area contributed by atoms with Gasteiger partial charge in [-0.1, -0.05) is 25.4 Å². The van der Waals surface area contributed by atoms with Gasteiger partial charge in [0.1, 0.15) is 0 Å². The number of hydrogen-bond donors (Lipinski definition) is 1. The number of rotatable bonds is 3. The number of benzene rings is 1. The van der Waals surface area contributed by atoms with Crippen molar-refractivity contribution < 1.29 is 0 Å². The Hall–Kier alpha value is -0.730. The van der Waals surface area contributed by atoms with Crippen LogP contribution in [0.5, 0.6) is 0 Å². The summed E-state index contributed by atoms with van der Waals surface area (Å²) in [4.78, 5) is 2.48. The highest BCUT2D eigenvalue weighted by atomic mass is 35.5. The summed E-state index contributed by atoms with van der Waals surface area (Å²) < 4.78 is 0. The Balaban J connectivity index is 2.04. The first-order valence-electron chi connectivity index (χ1n) is 6.89. The van der Waals surface area contributed by atoms with Crippen LogP contribution in [0.15, 0.2) is 24.3 Å². The van der Waals surface area contributed by atoms with Gasteiger partial charge < -0.3 is 10.2 Å². The quantitative estimate of drug-likeness (QED) is 0.900. The molecule has 0 saturated carbocycles. The Morgan fingerprint density at radius 2 is 2.06 bits per heavy atom. The number of nitrogens with one attached hydrogen (secondary N) is 1. The predicted octanol–water partition coefficient (Wildman–Crippen LogP) is 3.55. The molecule has 3 heteroatoms. The van der Waals surface area contributed by atoms with Gasteiger partial charge in [0.15, 0.2) is 0 Å². The maximum absolute atomic E-state index is 5.95. The summed E-state index contributed by atoms with van der Waals surface area (Å²) in [7, 11) is 0. The second-order valence-corrected chi connectivity index (χ2v) is 5.99. The van der Waals surface area contributed by atoms with E-state index in [-0.39, 0.29) is 0 Å². The molecule has 2 nitrogen and oxygen atoms in total. The summed E-state index contributed by atoms with van der Waals surface area (Å²) in [5, 5.41) is 4.47. The van der Waals surface area contributed by atoms with Crippen LogP contribution in [0.3, 0.4) is 0 Å². The third-order valence-electron chi connectivity index (χ3n) is 3.43. The molecular weight excluding hydrogens is 244 g/mol. The fourth-order valence-corrected chi connectivity index (χ4v) is 2.74. The van der Waals surface area contributed by atoms with E-state index in [1.807, 2.05) is 12.1 Å². The van der Waals surface area contributed by atoms with Crippen molar-refractivity contribution in [3.63, 3.8) is 0 Å². The lowest BCUT2D eigenvalue weighted by Gasteiger charge is -2.27. The SMILES string of the molecule is CC(C)CC1CN(c2ccc(Cl)cc2)CCCN1. The van der Waals surface area contributed by atoms with Crippen molar-refractivity contribution in [3.8, 4) is 0 Å². The minimum absolute atomic E-state index is 0.600. The molecule has 0 amide bonds. The van der Waals surface area contributed by atoms with Crippen LogP contribution in [0.2, 0.25) is 5.02 Å². The minimum Gasteiger partial charge on any atom is -0.370 e. The molecule has 1 aliphatic rings. The lowest BCUT2D eigenvalue weighted by Crippen LogP contribution is -2.38. The summed E-state index contributed by atoms with van der Waals surface area (Å²) in [6.07, 6.45) is 2.45. The molecule has 1 atom stereocenters. The normalized spacial score (nSPS) is 21.1. The highest BCUT2D eigenvalue weighted by Crippen LogP contribution is 2.20. The standard InChI is InChI=1S/C15H23ClN2/c1-12(2)10-14-11-18(9-3-8-17-14)15-6-4-13(16)5-7-15/h4-7,12,14,17H,3,8-11H2,1-2H3. The molecule has 1 aliphatic heterocycles. The number of nitrogens with zero attached hydrogens (tertiary/aromatic N) is 1. The molecule has 18 heavy (non-hydrogen) atoms. The molecule has 1 aromatic carbocycles. The summed E-state index contributed by atoms with van der Waals surface area (Å²) in [5.41, 5.74) is 1.29. The largest absolute Gasteiger partial charge is 0.370 e. The molecule has 0 spiro atoms. The van der Waals surface area contributed by atoms with Crippen LogP contribution in [0.25, 0.3) is 0 Å². The van der Waals surface area contributed by atoms with Gasteiger partial charge in [0.05, 0.1) is 0 Å². The van der Waals surface area contributed by atoms with Crippen LogP contribution >= 0.6 is 11.6 Å². The van der Waals surface area contributed by atoms with Gasteiger partial charge >= 0.3 is 0 Å². The molecule has 2 rings (SSSR count). The van der Waals surface area contributed by atoms with Gasteiger partial charge in [-0.3, -0.25) is 0 Å². The van der Waals surface area contributed by atoms with Gasteiger partial charge in [0, 0.05) is 29.8 Å². The van der Waals surface area contributed by atoms with Crippen LogP contribution in [0.1, 0.15) is 26.7 Å². The van der Waals surface area contributed by atoms with Crippen molar-refractivity contribution in [3.05, 3.63) is 29.3 Å². The van der Waals surface area contributed by atoms with Crippen molar-refractivity contribution in [1.82, 2.24) is 5.32 Å². The zero-order chi connectivity index (χ0) is 13.0. The van der Waals surface area contributed by atoms with Crippen LogP contribution in [-0.4, -0.2) is 25.7 Å². The maximum atomic E-state index is 5.95. The first-order valence-corrected chi connectivity index (χ1v) is 7.27. The molecule has 1 fully saturated rings. The summed E-state index contributed by atoms with van der Waals surface area (Å²) in [5.74, 6) is 0.743. The van der Waals surface area contributed by atoms with Gasteiger partial charge in [0.2, 0.25) is 0 Å². The van der Waals surface area contributed by atoms with Gasteiger partial charge in [0.25, 0.3) is 0 Å². The summed E-state index contributed by atoms with van der Waals surface area (Å²) in [6.45, 7) is 7.93. The first-order chi connectivity index (χ1) is 8.65. The van der Waals surface area contributed by atoms with Gasteiger partial charge in [-0.25, -0.2) is 0 Å². The van der Waals surface area contributed by atoms with E-state index < -0.39 is 0 Å². The zero-order valence-electron chi connectivity index (χ0n) is 11.3. The molecule has 1 heterocycles. The smallest absolute Gasteiger partial charge is 0.0407 e. The van der Waals surface area contributed by atoms with E-state index in [0.717, 1.165) is 30.6 Å². The van der Waals surface area contributed by atoms with Crippen LogP contribution < -0.4 is 10.2 Å². The molecule has 1 N–H and O–H groups in total. The summed E-state index contributed by atoms with van der Waals surface area (Å²) >= 11 is 5.95. The number of halogens is 1. The Morgan fingerprint density at radius 1 is 1.33 bits per heavy atom. The summed E-state index contributed by atoms with van der Waals surface area (Å²) in [6, 6.07) is 8.81. The average Bonchev–Trinajstić information content (AvgIpc) is 2.55. The molecule has 100 valence electrons. The van der Waals surface area contributed by atoms with E-state index in [2.05, 4.69) is 36.2 Å². The molecule has 0 radical (unpaired) electrons. The van der Waals surface area contributed by atoms with Crippen LogP contribution in [-0.2, 0) is 0 Å². The van der Waals surface area contributed by atoms with Gasteiger partial charge in [-0.2, -0.15) is 0 Å². The van der Waals surface area contributed by atoms with Crippen molar-refractivity contribution >= 4 is 17.3 Å². The molecule has 1 saturated heterocycles. The molecule has 0 bridgehead atoms. The molecule has 0 aliphatic carbocycles. The lowest BCUT2D eigenvalue weighted by atomic mass is 10.0. The van der Waals surface area contributed by atoms with Crippen molar-refractivity contribution in [1.29, 1.82) is 0 Å². The topological polar surface area (TPSA) is 15.3 Å². The first kappa shape index (κ1) is 13.7. The van der Waals surface area contributed by atoms with Crippen molar-refractivity contribution in [2.24, 2.45) is 5.92 Å². The highest BCUT2D eigenvalue weighted by molar-refractivity contribution is 6.30. The molecule has 0 aromatic heterocycles.